The number of carbonyl (C=O) groups is 2. The highest BCUT2D eigenvalue weighted by Gasteiger charge is 2.29. The molecule has 5 rings (SSSR count). The number of hydrogen-bond acceptors (Lipinski definition) is 5. The number of aromatic amines is 1. The SMILES string of the molecule is Cc1cccc2c1N(C(=O)COc1ccccc1)CCCN(C(C)C)CCN(C(=O)c1cc(C3CC3)[nH]n1)C2. The molecule has 1 aromatic heterocycles. The van der Waals surface area contributed by atoms with Crippen LogP contribution < -0.4 is 9.64 Å². The Bertz CT molecular complexity index is 1280. The van der Waals surface area contributed by atoms with Crippen molar-refractivity contribution in [1.29, 1.82) is 0 Å². The van der Waals surface area contributed by atoms with Crippen LogP contribution in [0.4, 0.5) is 5.69 Å². The van der Waals surface area contributed by atoms with E-state index in [1.165, 1.54) is 0 Å². The molecule has 1 aliphatic heterocycles. The maximum Gasteiger partial charge on any atom is 0.274 e. The zero-order valence-electron chi connectivity index (χ0n) is 23.2. The molecule has 0 atom stereocenters. The Morgan fingerprint density at radius 2 is 1.82 bits per heavy atom. The van der Waals surface area contributed by atoms with E-state index in [2.05, 4.69) is 28.9 Å². The van der Waals surface area contributed by atoms with Crippen LogP contribution in [0.1, 0.15) is 66.3 Å². The van der Waals surface area contributed by atoms with Gasteiger partial charge in [-0.3, -0.25) is 19.6 Å². The first-order chi connectivity index (χ1) is 18.9. The van der Waals surface area contributed by atoms with Crippen molar-refractivity contribution in [3.8, 4) is 5.75 Å². The van der Waals surface area contributed by atoms with E-state index >= 15 is 0 Å². The minimum Gasteiger partial charge on any atom is -0.484 e. The lowest BCUT2D eigenvalue weighted by Gasteiger charge is -2.29. The van der Waals surface area contributed by atoms with Gasteiger partial charge in [0.05, 0.1) is 5.69 Å². The summed E-state index contributed by atoms with van der Waals surface area (Å²) in [6, 6.07) is 17.7. The second kappa shape index (κ2) is 12.0. The lowest BCUT2D eigenvalue weighted by Crippen LogP contribution is -2.41. The number of rotatable bonds is 6. The number of H-pyrrole nitrogens is 1. The van der Waals surface area contributed by atoms with E-state index in [9.17, 15) is 9.59 Å². The Morgan fingerprint density at radius 3 is 2.56 bits per heavy atom. The van der Waals surface area contributed by atoms with Gasteiger partial charge < -0.3 is 14.5 Å². The molecule has 1 aliphatic carbocycles. The Labute approximate surface area is 230 Å². The molecule has 0 radical (unpaired) electrons. The zero-order valence-corrected chi connectivity index (χ0v) is 23.2. The van der Waals surface area contributed by atoms with Crippen LogP contribution in [-0.4, -0.2) is 70.6 Å². The number of fused-ring (bicyclic) bond motifs is 1. The van der Waals surface area contributed by atoms with Gasteiger partial charge in [-0.05, 0) is 69.4 Å². The highest BCUT2D eigenvalue weighted by molar-refractivity contribution is 5.96. The Balaban J connectivity index is 1.45. The Morgan fingerprint density at radius 1 is 1.03 bits per heavy atom. The van der Waals surface area contributed by atoms with Gasteiger partial charge in [0.25, 0.3) is 11.8 Å². The second-order valence-electron chi connectivity index (χ2n) is 10.9. The van der Waals surface area contributed by atoms with Crippen molar-refractivity contribution in [3.63, 3.8) is 0 Å². The van der Waals surface area contributed by atoms with Gasteiger partial charge in [-0.1, -0.05) is 36.4 Å². The van der Waals surface area contributed by atoms with E-state index in [-0.39, 0.29) is 18.4 Å². The summed E-state index contributed by atoms with van der Waals surface area (Å²) in [4.78, 5) is 33.6. The number of amides is 2. The Kier molecular flexibility index (Phi) is 8.31. The molecule has 206 valence electrons. The molecule has 8 nitrogen and oxygen atoms in total. The van der Waals surface area contributed by atoms with Crippen LogP contribution in [0, 0.1) is 6.92 Å². The topological polar surface area (TPSA) is 81.8 Å². The number of carbonyl (C=O) groups excluding carboxylic acids is 2. The molecule has 0 saturated heterocycles. The molecule has 0 bridgehead atoms. The van der Waals surface area contributed by atoms with Gasteiger partial charge in [0.2, 0.25) is 0 Å². The predicted octanol–water partition coefficient (Wildman–Crippen LogP) is 4.76. The first-order valence-corrected chi connectivity index (χ1v) is 14.1. The predicted molar refractivity (Wildman–Crippen MR) is 152 cm³/mol. The number of para-hydroxylation sites is 2. The third-order valence-corrected chi connectivity index (χ3v) is 7.69. The van der Waals surface area contributed by atoms with Crippen LogP contribution >= 0.6 is 0 Å². The number of anilines is 1. The summed E-state index contributed by atoms with van der Waals surface area (Å²) < 4.78 is 5.85. The van der Waals surface area contributed by atoms with Crippen LogP contribution in [0.2, 0.25) is 0 Å². The summed E-state index contributed by atoms with van der Waals surface area (Å²) in [5, 5.41) is 7.46. The van der Waals surface area contributed by atoms with E-state index in [0.29, 0.717) is 43.0 Å². The molecule has 0 spiro atoms. The van der Waals surface area contributed by atoms with E-state index < -0.39 is 0 Å². The summed E-state index contributed by atoms with van der Waals surface area (Å²) in [7, 11) is 0. The lowest BCUT2D eigenvalue weighted by molar-refractivity contribution is -0.120. The summed E-state index contributed by atoms with van der Waals surface area (Å²) in [6.07, 6.45) is 3.11. The van der Waals surface area contributed by atoms with E-state index in [4.69, 9.17) is 4.74 Å². The van der Waals surface area contributed by atoms with Gasteiger partial charge in [0.1, 0.15) is 11.4 Å². The standard InChI is InChI=1S/C31H39N5O3/c1-22(2)34-15-8-16-36(29(37)21-39-26-11-5-4-6-12-26)30-23(3)9-7-10-25(30)20-35(18-17-34)31(38)28-19-27(32-33-28)24-13-14-24/h4-7,9-12,19,22,24H,8,13-18,20-21H2,1-3H3,(H,32,33). The molecule has 2 aliphatic rings. The number of aromatic nitrogens is 2. The zero-order chi connectivity index (χ0) is 27.4. The molecule has 2 heterocycles. The van der Waals surface area contributed by atoms with Crippen molar-refractivity contribution in [2.75, 3.05) is 37.7 Å². The third kappa shape index (κ3) is 6.50. The quantitative estimate of drug-likeness (QED) is 0.498. The van der Waals surface area contributed by atoms with Crippen molar-refractivity contribution in [1.82, 2.24) is 20.0 Å². The molecule has 8 heteroatoms. The Hall–Kier alpha value is -3.65. The summed E-state index contributed by atoms with van der Waals surface area (Å²) >= 11 is 0. The summed E-state index contributed by atoms with van der Waals surface area (Å²) in [6.45, 7) is 9.49. The number of benzene rings is 2. The van der Waals surface area contributed by atoms with Gasteiger partial charge in [-0.2, -0.15) is 5.10 Å². The molecule has 39 heavy (non-hydrogen) atoms. The van der Waals surface area contributed by atoms with E-state index in [0.717, 1.165) is 54.9 Å². The highest BCUT2D eigenvalue weighted by atomic mass is 16.5. The van der Waals surface area contributed by atoms with Crippen molar-refractivity contribution in [2.45, 2.75) is 58.5 Å². The van der Waals surface area contributed by atoms with Crippen LogP contribution in [0.15, 0.2) is 54.6 Å². The molecular weight excluding hydrogens is 490 g/mol. The first-order valence-electron chi connectivity index (χ1n) is 14.1. The third-order valence-electron chi connectivity index (χ3n) is 7.69. The number of ether oxygens (including phenoxy) is 1. The van der Waals surface area contributed by atoms with Crippen molar-refractivity contribution < 1.29 is 14.3 Å². The minimum atomic E-state index is -0.0935. The van der Waals surface area contributed by atoms with Gasteiger partial charge in [-0.15, -0.1) is 0 Å². The minimum absolute atomic E-state index is 0.0501. The highest BCUT2D eigenvalue weighted by Crippen LogP contribution is 2.39. The average Bonchev–Trinajstić information content (AvgIpc) is 3.67. The molecule has 0 unspecified atom stereocenters. The largest absolute Gasteiger partial charge is 0.484 e. The first kappa shape index (κ1) is 26.9. The monoisotopic (exact) mass is 529 g/mol. The molecule has 3 aromatic rings. The van der Waals surface area contributed by atoms with Gasteiger partial charge in [0, 0.05) is 50.4 Å². The van der Waals surface area contributed by atoms with Crippen LogP contribution in [-0.2, 0) is 11.3 Å². The second-order valence-corrected chi connectivity index (χ2v) is 10.9. The van der Waals surface area contributed by atoms with Crippen molar-refractivity contribution in [3.05, 3.63) is 77.1 Å². The fourth-order valence-corrected chi connectivity index (χ4v) is 5.31. The fraction of sp³-hybridized carbons (Fsp3) is 0.452. The number of nitrogens with one attached hydrogen (secondary N) is 1. The van der Waals surface area contributed by atoms with Crippen molar-refractivity contribution >= 4 is 17.5 Å². The average molecular weight is 530 g/mol. The molecule has 1 saturated carbocycles. The maximum atomic E-state index is 13.8. The van der Waals surface area contributed by atoms with E-state index in [1.807, 2.05) is 71.3 Å². The number of hydrogen-bond donors (Lipinski definition) is 1. The molecular formula is C31H39N5O3. The smallest absolute Gasteiger partial charge is 0.274 e. The summed E-state index contributed by atoms with van der Waals surface area (Å²) in [5.41, 5.74) is 4.33. The molecule has 2 amide bonds. The summed E-state index contributed by atoms with van der Waals surface area (Å²) in [5.74, 6) is 0.989. The lowest BCUT2D eigenvalue weighted by atomic mass is 10.0. The molecule has 2 aromatic carbocycles. The molecule has 1 fully saturated rings. The maximum absolute atomic E-state index is 13.8. The van der Waals surface area contributed by atoms with Crippen LogP contribution in [0.3, 0.4) is 0 Å². The van der Waals surface area contributed by atoms with Crippen molar-refractivity contribution in [2.24, 2.45) is 0 Å². The van der Waals surface area contributed by atoms with Crippen LogP contribution in [0.25, 0.3) is 0 Å². The fourth-order valence-electron chi connectivity index (χ4n) is 5.31. The number of nitrogens with zero attached hydrogens (tertiary/aromatic N) is 4. The molecule has 1 N–H and O–H groups in total. The van der Waals surface area contributed by atoms with Gasteiger partial charge in [0.15, 0.2) is 6.61 Å². The van der Waals surface area contributed by atoms with Crippen LogP contribution in [0.5, 0.6) is 5.75 Å². The van der Waals surface area contributed by atoms with E-state index in [1.54, 1.807) is 0 Å². The number of aryl methyl sites for hydroxylation is 1. The van der Waals surface area contributed by atoms with Gasteiger partial charge >= 0.3 is 0 Å². The normalized spacial score (nSPS) is 17.0. The van der Waals surface area contributed by atoms with Gasteiger partial charge in [-0.25, -0.2) is 0 Å².